The lowest BCUT2D eigenvalue weighted by atomic mass is 9.80. The average Bonchev–Trinajstić information content (AvgIpc) is 2.58. The van der Waals surface area contributed by atoms with Crippen molar-refractivity contribution in [3.63, 3.8) is 0 Å². The van der Waals surface area contributed by atoms with Gasteiger partial charge in [0.05, 0.1) is 6.57 Å². The Hall–Kier alpha value is -1.59. The molecule has 0 aromatic heterocycles. The summed E-state index contributed by atoms with van der Waals surface area (Å²) in [7, 11) is 0. The molecule has 0 radical (unpaired) electrons. The second kappa shape index (κ2) is 9.50. The topological polar surface area (TPSA) is 4.36 Å². The Morgan fingerprint density at radius 3 is 1.00 bits per heavy atom. The second-order valence-corrected chi connectivity index (χ2v) is 13.5. The van der Waals surface area contributed by atoms with Crippen LogP contribution < -0.4 is 0 Å². The lowest BCUT2D eigenvalue weighted by Crippen LogP contribution is -2.16. The molecule has 2 aromatic carbocycles. The Balaban J connectivity index is 0.000000311. The summed E-state index contributed by atoms with van der Waals surface area (Å²) in [5, 5.41) is 0. The molecule has 1 nitrogen and oxygen atoms in total. The fourth-order valence-electron chi connectivity index (χ4n) is 3.00. The highest BCUT2D eigenvalue weighted by Gasteiger charge is 2.21. The zero-order chi connectivity index (χ0) is 24.4. The summed E-state index contributed by atoms with van der Waals surface area (Å²) < 4.78 is 1.18. The van der Waals surface area contributed by atoms with E-state index in [2.05, 4.69) is 128 Å². The van der Waals surface area contributed by atoms with Crippen LogP contribution in [0.15, 0.2) is 40.9 Å². The molecule has 0 bridgehead atoms. The highest BCUT2D eigenvalue weighted by atomic mass is 79.9. The Morgan fingerprint density at radius 1 is 0.516 bits per heavy atom. The number of rotatable bonds is 0. The zero-order valence-electron chi connectivity index (χ0n) is 21.8. The fourth-order valence-corrected chi connectivity index (χ4v) is 3.49. The number of benzene rings is 2. The van der Waals surface area contributed by atoms with Crippen LogP contribution in [-0.2, 0) is 21.7 Å². The van der Waals surface area contributed by atoms with E-state index >= 15 is 0 Å². The molecule has 2 heteroatoms. The molecule has 0 aliphatic rings. The lowest BCUT2D eigenvalue weighted by molar-refractivity contribution is 0.567. The van der Waals surface area contributed by atoms with Crippen molar-refractivity contribution in [1.29, 1.82) is 0 Å². The minimum absolute atomic E-state index is 0.0979. The summed E-state index contributed by atoms with van der Waals surface area (Å²) >= 11 is 3.60. The van der Waals surface area contributed by atoms with Gasteiger partial charge in [-0.3, -0.25) is 0 Å². The highest BCUT2D eigenvalue weighted by Crippen LogP contribution is 2.33. The van der Waals surface area contributed by atoms with Gasteiger partial charge in [-0.05, 0) is 44.9 Å². The summed E-state index contributed by atoms with van der Waals surface area (Å²) in [6, 6.07) is 13.0. The van der Waals surface area contributed by atoms with Crippen LogP contribution in [0.4, 0.5) is 5.69 Å². The van der Waals surface area contributed by atoms with Crippen LogP contribution in [0.1, 0.15) is 105 Å². The van der Waals surface area contributed by atoms with Crippen molar-refractivity contribution >= 4 is 21.6 Å². The maximum Gasteiger partial charge on any atom is 0.187 e. The maximum absolute atomic E-state index is 7.17. The third-order valence-electron chi connectivity index (χ3n) is 5.41. The molecule has 170 valence electrons. The normalized spacial score (nSPS) is 12.6. The van der Waals surface area contributed by atoms with Gasteiger partial charge in [-0.1, -0.05) is 134 Å². The summed E-state index contributed by atoms with van der Waals surface area (Å²) in [6.07, 6.45) is 0. The zero-order valence-corrected chi connectivity index (χ0v) is 23.4. The van der Waals surface area contributed by atoms with Crippen LogP contribution in [-0.4, -0.2) is 0 Å². The van der Waals surface area contributed by atoms with E-state index in [1.54, 1.807) is 0 Å². The monoisotopic (exact) mass is 483 g/mol. The molecule has 0 spiro atoms. The number of halogens is 1. The van der Waals surface area contributed by atoms with E-state index in [1.165, 1.54) is 26.7 Å². The van der Waals surface area contributed by atoms with E-state index < -0.39 is 0 Å². The van der Waals surface area contributed by atoms with Crippen LogP contribution in [0.2, 0.25) is 0 Å². The molecular formula is C29H42BrN. The minimum Gasteiger partial charge on any atom is -0.238 e. The van der Waals surface area contributed by atoms with Gasteiger partial charge in [0.15, 0.2) is 5.69 Å². The van der Waals surface area contributed by atoms with Crippen LogP contribution in [0, 0.1) is 6.57 Å². The predicted octanol–water partition coefficient (Wildman–Crippen LogP) is 9.88. The molecule has 0 N–H and O–H groups in total. The van der Waals surface area contributed by atoms with Crippen LogP contribution in [0.25, 0.3) is 4.85 Å². The molecular weight excluding hydrogens is 442 g/mol. The van der Waals surface area contributed by atoms with Gasteiger partial charge in [-0.15, -0.1) is 0 Å². The summed E-state index contributed by atoms with van der Waals surface area (Å²) in [5.41, 5.74) is 6.63. The molecule has 0 aliphatic carbocycles. The van der Waals surface area contributed by atoms with Crippen LogP contribution >= 0.6 is 15.9 Å². The molecule has 2 rings (SSSR count). The molecule has 0 heterocycles. The maximum atomic E-state index is 7.17. The smallest absolute Gasteiger partial charge is 0.187 e. The van der Waals surface area contributed by atoms with E-state index in [1.807, 2.05) is 12.1 Å². The van der Waals surface area contributed by atoms with Crippen molar-refractivity contribution < 1.29 is 0 Å². The van der Waals surface area contributed by atoms with E-state index in [9.17, 15) is 0 Å². The first kappa shape index (κ1) is 27.4. The van der Waals surface area contributed by atoms with Gasteiger partial charge >= 0.3 is 0 Å². The first-order chi connectivity index (χ1) is 13.7. The SMILES string of the molecule is CC(C)(C)c1cc(Br)cc(C(C)(C)C)c1.[C-]#[N+]c1cc(C(C)(C)C)cc(C(C)(C)C)c1. The first-order valence-corrected chi connectivity index (χ1v) is 11.9. The molecule has 0 aliphatic heterocycles. The van der Waals surface area contributed by atoms with Gasteiger partial charge in [0, 0.05) is 4.47 Å². The largest absolute Gasteiger partial charge is 0.238 e. The third kappa shape index (κ3) is 8.46. The van der Waals surface area contributed by atoms with Gasteiger partial charge in [-0.25, -0.2) is 4.85 Å². The van der Waals surface area contributed by atoms with E-state index in [4.69, 9.17) is 6.57 Å². The molecule has 31 heavy (non-hydrogen) atoms. The van der Waals surface area contributed by atoms with Gasteiger partial charge in [-0.2, -0.15) is 0 Å². The molecule has 0 amide bonds. The Kier molecular flexibility index (Phi) is 8.41. The van der Waals surface area contributed by atoms with Gasteiger partial charge in [0.25, 0.3) is 0 Å². The third-order valence-corrected chi connectivity index (χ3v) is 5.87. The number of hydrogen-bond donors (Lipinski definition) is 0. The van der Waals surface area contributed by atoms with Crippen LogP contribution in [0.3, 0.4) is 0 Å². The minimum atomic E-state index is 0.0979. The average molecular weight is 485 g/mol. The second-order valence-electron chi connectivity index (χ2n) is 12.6. The fraction of sp³-hybridized carbons (Fsp3) is 0.552. The molecule has 2 aromatic rings. The van der Waals surface area contributed by atoms with Crippen molar-refractivity contribution in [2.45, 2.75) is 105 Å². The molecule has 0 unspecified atom stereocenters. The number of hydrogen-bond acceptors (Lipinski definition) is 0. The molecule has 0 saturated heterocycles. The van der Waals surface area contributed by atoms with E-state index in [0.29, 0.717) is 0 Å². The standard InChI is InChI=1S/C15H21N.C14H21Br/c1-14(2,3)11-8-12(15(4,5)6)10-13(9-11)16-7;1-13(2,3)10-7-11(14(4,5)6)9-12(15)8-10/h8-10H,1-6H3;7-9H,1-6H3. The lowest BCUT2D eigenvalue weighted by Gasteiger charge is -2.25. The van der Waals surface area contributed by atoms with Crippen molar-refractivity contribution in [2.75, 3.05) is 0 Å². The quantitative estimate of drug-likeness (QED) is 0.328. The molecule has 0 saturated carbocycles. The summed E-state index contributed by atoms with van der Waals surface area (Å²) in [4.78, 5) is 3.57. The Labute approximate surface area is 200 Å². The predicted molar refractivity (Wildman–Crippen MR) is 142 cm³/mol. The first-order valence-electron chi connectivity index (χ1n) is 11.1. The van der Waals surface area contributed by atoms with Gasteiger partial charge in [0.1, 0.15) is 0 Å². The van der Waals surface area contributed by atoms with E-state index in [-0.39, 0.29) is 21.7 Å². The van der Waals surface area contributed by atoms with Gasteiger partial charge < -0.3 is 0 Å². The summed E-state index contributed by atoms with van der Waals surface area (Å²) in [5.74, 6) is 0. The molecule has 0 atom stereocenters. The Bertz CT molecular complexity index is 869. The van der Waals surface area contributed by atoms with Crippen molar-refractivity contribution in [2.24, 2.45) is 0 Å². The van der Waals surface area contributed by atoms with E-state index in [0.717, 1.165) is 5.69 Å². The highest BCUT2D eigenvalue weighted by molar-refractivity contribution is 9.10. The van der Waals surface area contributed by atoms with Crippen molar-refractivity contribution in [3.05, 3.63) is 74.5 Å². The summed E-state index contributed by atoms with van der Waals surface area (Å²) in [6.45, 7) is 33.8. The van der Waals surface area contributed by atoms with Crippen molar-refractivity contribution in [3.8, 4) is 0 Å². The number of nitrogens with zero attached hydrogens (tertiary/aromatic N) is 1. The van der Waals surface area contributed by atoms with Crippen LogP contribution in [0.5, 0.6) is 0 Å². The van der Waals surface area contributed by atoms with Gasteiger partial charge in [0.2, 0.25) is 0 Å². The van der Waals surface area contributed by atoms with Crippen molar-refractivity contribution in [1.82, 2.24) is 0 Å². The molecule has 0 fully saturated rings. The Morgan fingerprint density at radius 2 is 0.774 bits per heavy atom.